The van der Waals surface area contributed by atoms with E-state index in [1.54, 1.807) is 0 Å². The van der Waals surface area contributed by atoms with Crippen LogP contribution in [0.1, 0.15) is 20.7 Å². The third-order valence-electron chi connectivity index (χ3n) is 3.42. The van der Waals surface area contributed by atoms with Crippen LogP contribution in [0.2, 0.25) is 5.02 Å². The van der Waals surface area contributed by atoms with Gasteiger partial charge in [0.1, 0.15) is 0 Å². The zero-order valence-electron chi connectivity index (χ0n) is 11.6. The maximum absolute atomic E-state index is 12.4. The molecule has 2 amide bonds. The number of imide groups is 1. The van der Waals surface area contributed by atoms with Gasteiger partial charge < -0.3 is 0 Å². The fourth-order valence-corrected chi connectivity index (χ4v) is 2.54. The van der Waals surface area contributed by atoms with Crippen LogP contribution in [0.4, 0.5) is 17.1 Å². The second-order valence-corrected chi connectivity index (χ2v) is 5.29. The van der Waals surface area contributed by atoms with Gasteiger partial charge in [-0.05, 0) is 18.2 Å². The molecule has 120 valence electrons. The van der Waals surface area contributed by atoms with Gasteiger partial charge >= 0.3 is 0 Å². The molecule has 1 aliphatic heterocycles. The molecule has 0 saturated heterocycles. The second kappa shape index (κ2) is 5.39. The van der Waals surface area contributed by atoms with Gasteiger partial charge in [-0.2, -0.15) is 0 Å². The number of fused-ring (bicyclic) bond motifs is 1. The Bertz CT molecular complexity index is 910. The van der Waals surface area contributed by atoms with E-state index in [1.165, 1.54) is 18.2 Å². The molecule has 0 fully saturated rings. The fraction of sp³-hybridized carbons (Fsp3) is 0. The molecule has 9 nitrogen and oxygen atoms in total. The predicted octanol–water partition coefficient (Wildman–Crippen LogP) is 2.96. The minimum absolute atomic E-state index is 0.0293. The van der Waals surface area contributed by atoms with Gasteiger partial charge in [-0.25, -0.2) is 4.90 Å². The number of anilines is 1. The highest BCUT2D eigenvalue weighted by Crippen LogP contribution is 2.34. The van der Waals surface area contributed by atoms with Crippen LogP contribution in [0.3, 0.4) is 0 Å². The van der Waals surface area contributed by atoms with Crippen LogP contribution in [0.15, 0.2) is 36.4 Å². The molecule has 0 bridgehead atoms. The molecule has 0 spiro atoms. The minimum atomic E-state index is -0.842. The van der Waals surface area contributed by atoms with Crippen molar-refractivity contribution in [3.05, 3.63) is 72.8 Å². The standard InChI is InChI=1S/C14H6ClN3O6/c15-7-1-2-11-12(3-7)14(20)16(13(11)19)8-4-9(17(21)22)6-10(5-8)18(23)24/h1-6H. The molecule has 24 heavy (non-hydrogen) atoms. The summed E-state index contributed by atoms with van der Waals surface area (Å²) in [5.41, 5.74) is -1.36. The van der Waals surface area contributed by atoms with Gasteiger partial charge in [0.05, 0.1) is 32.7 Å². The number of rotatable bonds is 3. The number of carbonyl (C=O) groups excluding carboxylic acids is 2. The number of non-ortho nitro benzene ring substituents is 2. The lowest BCUT2D eigenvalue weighted by Gasteiger charge is -2.13. The van der Waals surface area contributed by atoms with Crippen molar-refractivity contribution in [1.82, 2.24) is 0 Å². The number of carbonyl (C=O) groups is 2. The number of nitro groups is 2. The first kappa shape index (κ1) is 15.6. The van der Waals surface area contributed by atoms with E-state index in [9.17, 15) is 29.8 Å². The van der Waals surface area contributed by atoms with Crippen molar-refractivity contribution in [3.63, 3.8) is 0 Å². The summed E-state index contributed by atoms with van der Waals surface area (Å²) < 4.78 is 0. The fourth-order valence-electron chi connectivity index (χ4n) is 2.37. The van der Waals surface area contributed by atoms with E-state index in [2.05, 4.69) is 0 Å². The van der Waals surface area contributed by atoms with Crippen LogP contribution in [0, 0.1) is 20.2 Å². The van der Waals surface area contributed by atoms with Crippen molar-refractivity contribution in [2.24, 2.45) is 0 Å². The first-order chi connectivity index (χ1) is 11.3. The van der Waals surface area contributed by atoms with Crippen molar-refractivity contribution in [2.45, 2.75) is 0 Å². The average Bonchev–Trinajstić information content (AvgIpc) is 2.77. The van der Waals surface area contributed by atoms with Crippen LogP contribution in [0.25, 0.3) is 0 Å². The van der Waals surface area contributed by atoms with E-state index in [-0.39, 0.29) is 21.8 Å². The van der Waals surface area contributed by atoms with E-state index < -0.39 is 33.0 Å². The second-order valence-electron chi connectivity index (χ2n) is 4.86. The largest absolute Gasteiger partial charge is 0.278 e. The van der Waals surface area contributed by atoms with Gasteiger partial charge in [0.15, 0.2) is 0 Å². The van der Waals surface area contributed by atoms with Crippen LogP contribution >= 0.6 is 11.6 Å². The number of hydrogen-bond donors (Lipinski definition) is 0. The molecule has 0 aliphatic carbocycles. The Morgan fingerprint density at radius 3 is 1.92 bits per heavy atom. The molecule has 2 aromatic rings. The van der Waals surface area contributed by atoms with E-state index in [4.69, 9.17) is 11.6 Å². The molecule has 2 aromatic carbocycles. The first-order valence-electron chi connectivity index (χ1n) is 6.42. The molecule has 1 heterocycles. The molecule has 0 atom stereocenters. The third kappa shape index (κ3) is 2.36. The SMILES string of the molecule is O=C1c2ccc(Cl)cc2C(=O)N1c1cc([N+](=O)[O-])cc([N+](=O)[O-])c1. The Kier molecular flexibility index (Phi) is 3.49. The highest BCUT2D eigenvalue weighted by atomic mass is 35.5. The van der Waals surface area contributed by atoms with Crippen molar-refractivity contribution in [1.29, 1.82) is 0 Å². The Morgan fingerprint density at radius 1 is 0.833 bits per heavy atom. The zero-order chi connectivity index (χ0) is 17.6. The smallest absolute Gasteiger partial charge is 0.268 e. The maximum Gasteiger partial charge on any atom is 0.278 e. The lowest BCUT2D eigenvalue weighted by molar-refractivity contribution is -0.394. The summed E-state index contributed by atoms with van der Waals surface area (Å²) in [6.07, 6.45) is 0. The van der Waals surface area contributed by atoms with E-state index in [0.29, 0.717) is 4.90 Å². The number of nitrogens with zero attached hydrogens (tertiary/aromatic N) is 3. The number of benzene rings is 2. The summed E-state index contributed by atoms with van der Waals surface area (Å²) in [5, 5.41) is 22.1. The molecule has 0 radical (unpaired) electrons. The molecule has 1 aliphatic rings. The van der Waals surface area contributed by atoms with Crippen LogP contribution in [0.5, 0.6) is 0 Å². The zero-order valence-corrected chi connectivity index (χ0v) is 12.4. The van der Waals surface area contributed by atoms with Gasteiger partial charge in [-0.3, -0.25) is 29.8 Å². The number of amides is 2. The van der Waals surface area contributed by atoms with E-state index in [1.807, 2.05) is 0 Å². The number of hydrogen-bond acceptors (Lipinski definition) is 6. The molecule has 0 saturated carbocycles. The van der Waals surface area contributed by atoms with Gasteiger partial charge in [-0.1, -0.05) is 11.6 Å². The molecule has 0 unspecified atom stereocenters. The number of halogens is 1. The topological polar surface area (TPSA) is 124 Å². The summed E-state index contributed by atoms with van der Waals surface area (Å²) in [6, 6.07) is 6.67. The summed E-state index contributed by atoms with van der Waals surface area (Å²) in [5.74, 6) is -1.49. The quantitative estimate of drug-likeness (QED) is 0.477. The Morgan fingerprint density at radius 2 is 1.38 bits per heavy atom. The summed E-state index contributed by atoms with van der Waals surface area (Å²) in [4.78, 5) is 45.7. The lowest BCUT2D eigenvalue weighted by atomic mass is 10.1. The molecule has 0 aromatic heterocycles. The van der Waals surface area contributed by atoms with Gasteiger partial charge in [-0.15, -0.1) is 0 Å². The van der Waals surface area contributed by atoms with Crippen LogP contribution in [-0.4, -0.2) is 21.7 Å². The van der Waals surface area contributed by atoms with Crippen molar-refractivity contribution < 1.29 is 19.4 Å². The monoisotopic (exact) mass is 347 g/mol. The van der Waals surface area contributed by atoms with E-state index >= 15 is 0 Å². The van der Waals surface area contributed by atoms with Gasteiger partial charge in [0.2, 0.25) is 0 Å². The summed E-state index contributed by atoms with van der Waals surface area (Å²) in [7, 11) is 0. The van der Waals surface area contributed by atoms with Crippen molar-refractivity contribution >= 4 is 40.5 Å². The van der Waals surface area contributed by atoms with Crippen LogP contribution in [-0.2, 0) is 0 Å². The summed E-state index contributed by atoms with van der Waals surface area (Å²) >= 11 is 5.80. The first-order valence-corrected chi connectivity index (χ1v) is 6.79. The molecule has 3 rings (SSSR count). The molecule has 0 N–H and O–H groups in total. The number of nitro benzene ring substituents is 2. The molecular weight excluding hydrogens is 342 g/mol. The highest BCUT2D eigenvalue weighted by Gasteiger charge is 2.38. The van der Waals surface area contributed by atoms with Crippen molar-refractivity contribution in [2.75, 3.05) is 4.90 Å². The predicted molar refractivity (Wildman–Crippen MR) is 82.3 cm³/mol. The Balaban J connectivity index is 2.16. The van der Waals surface area contributed by atoms with Gasteiger partial charge in [0, 0.05) is 17.2 Å². The third-order valence-corrected chi connectivity index (χ3v) is 3.65. The van der Waals surface area contributed by atoms with E-state index in [0.717, 1.165) is 18.2 Å². The molecule has 10 heteroatoms. The average molecular weight is 348 g/mol. The minimum Gasteiger partial charge on any atom is -0.268 e. The lowest BCUT2D eigenvalue weighted by Crippen LogP contribution is -2.29. The Labute approximate surface area is 138 Å². The highest BCUT2D eigenvalue weighted by molar-refractivity contribution is 6.36. The Hall–Kier alpha value is -3.33. The molecular formula is C14H6ClN3O6. The van der Waals surface area contributed by atoms with Crippen molar-refractivity contribution in [3.8, 4) is 0 Å². The maximum atomic E-state index is 12.4. The summed E-state index contributed by atoms with van der Waals surface area (Å²) in [6.45, 7) is 0. The van der Waals surface area contributed by atoms with Crippen LogP contribution < -0.4 is 4.90 Å². The normalized spacial score (nSPS) is 13.1. The van der Waals surface area contributed by atoms with Gasteiger partial charge in [0.25, 0.3) is 23.2 Å².